The number of aliphatic carboxylic acids is 1. The van der Waals surface area contributed by atoms with Gasteiger partial charge in [0.25, 0.3) is 10.2 Å². The number of hydrogen-bond donors (Lipinski definition) is 1. The summed E-state index contributed by atoms with van der Waals surface area (Å²) in [5.74, 6) is -1.03. The van der Waals surface area contributed by atoms with Crippen molar-refractivity contribution in [3.8, 4) is 0 Å². The fourth-order valence-corrected chi connectivity index (χ4v) is 3.14. The van der Waals surface area contributed by atoms with Crippen LogP contribution in [0, 0.1) is 0 Å². The fourth-order valence-electron chi connectivity index (χ4n) is 1.58. The Hall–Kier alpha value is -0.960. The van der Waals surface area contributed by atoms with Crippen molar-refractivity contribution < 1.29 is 18.3 Å². The largest absolute Gasteiger partial charge is 0.481 e. The number of carboxylic acid groups (broad SMARTS) is 1. The number of nitrogens with zero attached hydrogens (tertiary/aromatic N) is 2. The molecule has 0 spiro atoms. The van der Waals surface area contributed by atoms with E-state index in [0.717, 1.165) is 14.3 Å². The molecule has 0 atom stereocenters. The zero-order valence-electron chi connectivity index (χ0n) is 11.3. The lowest BCUT2D eigenvalue weighted by molar-refractivity contribution is -0.137. The summed E-state index contributed by atoms with van der Waals surface area (Å²) in [6, 6.07) is 7.35. The summed E-state index contributed by atoms with van der Waals surface area (Å²) in [4.78, 5) is 10.5. The molecule has 0 bridgehead atoms. The van der Waals surface area contributed by atoms with Crippen LogP contribution in [0.3, 0.4) is 0 Å². The molecule has 1 N–H and O–H groups in total. The summed E-state index contributed by atoms with van der Waals surface area (Å²) >= 11 is 3.33. The molecular formula is C12H17BrN2O4S. The summed E-state index contributed by atoms with van der Waals surface area (Å²) in [7, 11) is -0.821. The van der Waals surface area contributed by atoms with Gasteiger partial charge >= 0.3 is 5.97 Å². The minimum absolute atomic E-state index is 0.0551. The van der Waals surface area contributed by atoms with Crippen LogP contribution >= 0.6 is 15.9 Å². The maximum absolute atomic E-state index is 12.2. The topological polar surface area (TPSA) is 77.9 Å². The van der Waals surface area contributed by atoms with Gasteiger partial charge in [0.2, 0.25) is 0 Å². The van der Waals surface area contributed by atoms with Crippen molar-refractivity contribution in [3.05, 3.63) is 34.3 Å². The minimum atomic E-state index is -3.66. The number of carboxylic acids is 1. The number of halogens is 1. The summed E-state index contributed by atoms with van der Waals surface area (Å²) in [6.07, 6.45) is -0.222. The van der Waals surface area contributed by atoms with Gasteiger partial charge in [0.15, 0.2) is 0 Å². The molecule has 1 aromatic carbocycles. The molecule has 0 fully saturated rings. The second kappa shape index (κ2) is 7.16. The predicted molar refractivity (Wildman–Crippen MR) is 79.4 cm³/mol. The lowest BCUT2D eigenvalue weighted by atomic mass is 10.2. The Morgan fingerprint density at radius 2 is 1.95 bits per heavy atom. The average Bonchev–Trinajstić information content (AvgIpc) is 2.35. The van der Waals surface area contributed by atoms with Crippen LogP contribution in [0.25, 0.3) is 0 Å². The van der Waals surface area contributed by atoms with E-state index in [1.54, 1.807) is 0 Å². The second-order valence-corrected chi connectivity index (χ2v) is 7.42. The molecule has 8 heteroatoms. The average molecular weight is 365 g/mol. The molecule has 0 unspecified atom stereocenters. The van der Waals surface area contributed by atoms with Gasteiger partial charge in [-0.2, -0.15) is 17.0 Å². The lowest BCUT2D eigenvalue weighted by Crippen LogP contribution is -2.40. The molecule has 20 heavy (non-hydrogen) atoms. The summed E-state index contributed by atoms with van der Waals surface area (Å²) in [5, 5.41) is 8.59. The van der Waals surface area contributed by atoms with E-state index in [1.165, 1.54) is 18.4 Å². The predicted octanol–water partition coefficient (Wildman–Crippen LogP) is 1.53. The van der Waals surface area contributed by atoms with E-state index in [4.69, 9.17) is 5.11 Å². The first-order valence-corrected chi connectivity index (χ1v) is 8.06. The van der Waals surface area contributed by atoms with Gasteiger partial charge in [-0.25, -0.2) is 0 Å². The number of carbonyl (C=O) groups is 1. The van der Waals surface area contributed by atoms with Gasteiger partial charge in [0, 0.05) is 31.7 Å². The number of rotatable bonds is 7. The van der Waals surface area contributed by atoms with E-state index in [1.807, 2.05) is 24.3 Å². The maximum Gasteiger partial charge on any atom is 0.304 e. The summed E-state index contributed by atoms with van der Waals surface area (Å²) < 4.78 is 27.5. The summed E-state index contributed by atoms with van der Waals surface area (Å²) in [5.41, 5.74) is 0.845. The molecule has 1 rings (SSSR count). The van der Waals surface area contributed by atoms with Crippen LogP contribution in [0.4, 0.5) is 0 Å². The Morgan fingerprint density at radius 1 is 1.30 bits per heavy atom. The molecular weight excluding hydrogens is 348 g/mol. The normalized spacial score (nSPS) is 12.1. The van der Waals surface area contributed by atoms with Gasteiger partial charge in [-0.3, -0.25) is 4.79 Å². The van der Waals surface area contributed by atoms with Gasteiger partial charge < -0.3 is 5.11 Å². The SMILES string of the molecule is CN(CCC(=O)O)S(=O)(=O)N(C)Cc1cccc(Br)c1. The van der Waals surface area contributed by atoms with E-state index in [-0.39, 0.29) is 19.5 Å². The van der Waals surface area contributed by atoms with Gasteiger partial charge in [0.05, 0.1) is 6.42 Å². The monoisotopic (exact) mass is 364 g/mol. The molecule has 0 aliphatic rings. The molecule has 0 amide bonds. The quantitative estimate of drug-likeness (QED) is 0.795. The van der Waals surface area contributed by atoms with Crippen LogP contribution in [0.5, 0.6) is 0 Å². The van der Waals surface area contributed by atoms with Crippen LogP contribution < -0.4 is 0 Å². The van der Waals surface area contributed by atoms with Crippen LogP contribution in [0.15, 0.2) is 28.7 Å². The molecule has 0 aliphatic carbocycles. The first-order valence-electron chi connectivity index (χ1n) is 5.87. The third-order valence-electron chi connectivity index (χ3n) is 2.72. The van der Waals surface area contributed by atoms with Crippen molar-refractivity contribution in [2.45, 2.75) is 13.0 Å². The van der Waals surface area contributed by atoms with Gasteiger partial charge in [-0.05, 0) is 17.7 Å². The van der Waals surface area contributed by atoms with Gasteiger partial charge in [-0.15, -0.1) is 0 Å². The van der Waals surface area contributed by atoms with Gasteiger partial charge in [0.1, 0.15) is 0 Å². The fraction of sp³-hybridized carbons (Fsp3) is 0.417. The van der Waals surface area contributed by atoms with Crippen molar-refractivity contribution in [2.24, 2.45) is 0 Å². The van der Waals surface area contributed by atoms with Crippen LogP contribution in [-0.2, 0) is 21.5 Å². The first kappa shape index (κ1) is 17.1. The zero-order valence-corrected chi connectivity index (χ0v) is 13.7. The van der Waals surface area contributed by atoms with Gasteiger partial charge in [-0.1, -0.05) is 28.1 Å². The first-order chi connectivity index (χ1) is 9.23. The molecule has 0 saturated heterocycles. The summed E-state index contributed by atoms with van der Waals surface area (Å²) in [6.45, 7) is 0.166. The Kier molecular flexibility index (Phi) is 6.12. The number of benzene rings is 1. The van der Waals surface area contributed by atoms with Crippen molar-refractivity contribution in [1.82, 2.24) is 8.61 Å². The van der Waals surface area contributed by atoms with E-state index < -0.39 is 16.2 Å². The van der Waals surface area contributed by atoms with Crippen molar-refractivity contribution in [1.29, 1.82) is 0 Å². The van der Waals surface area contributed by atoms with E-state index in [9.17, 15) is 13.2 Å². The Labute approximate surface area is 127 Å². The number of hydrogen-bond acceptors (Lipinski definition) is 3. The third-order valence-corrected chi connectivity index (χ3v) is 5.10. The highest BCUT2D eigenvalue weighted by Crippen LogP contribution is 2.15. The molecule has 0 saturated carbocycles. The van der Waals surface area contributed by atoms with E-state index in [2.05, 4.69) is 15.9 Å². The Morgan fingerprint density at radius 3 is 2.50 bits per heavy atom. The maximum atomic E-state index is 12.2. The van der Waals surface area contributed by atoms with Crippen molar-refractivity contribution >= 4 is 32.1 Å². The standard InChI is InChI=1S/C12H17BrN2O4S/c1-14(7-6-12(16)17)20(18,19)15(2)9-10-4-3-5-11(13)8-10/h3-5,8H,6-7,9H2,1-2H3,(H,16,17). The molecule has 0 heterocycles. The molecule has 112 valence electrons. The lowest BCUT2D eigenvalue weighted by Gasteiger charge is -2.24. The third kappa shape index (κ3) is 4.86. The highest BCUT2D eigenvalue weighted by atomic mass is 79.9. The molecule has 1 aromatic rings. The second-order valence-electron chi connectivity index (χ2n) is 4.36. The van der Waals surface area contributed by atoms with Crippen LogP contribution in [0.1, 0.15) is 12.0 Å². The molecule has 0 radical (unpaired) electrons. The molecule has 0 aromatic heterocycles. The minimum Gasteiger partial charge on any atom is -0.481 e. The molecule has 6 nitrogen and oxygen atoms in total. The van der Waals surface area contributed by atoms with Crippen LogP contribution in [0.2, 0.25) is 0 Å². The van der Waals surface area contributed by atoms with Crippen molar-refractivity contribution in [3.63, 3.8) is 0 Å². The Bertz CT molecular complexity index is 577. The Balaban J connectivity index is 2.74. The van der Waals surface area contributed by atoms with E-state index in [0.29, 0.717) is 0 Å². The van der Waals surface area contributed by atoms with E-state index >= 15 is 0 Å². The van der Waals surface area contributed by atoms with Crippen molar-refractivity contribution in [2.75, 3.05) is 20.6 Å². The highest BCUT2D eigenvalue weighted by molar-refractivity contribution is 9.10. The zero-order chi connectivity index (χ0) is 15.3. The van der Waals surface area contributed by atoms with Crippen LogP contribution in [-0.4, -0.2) is 48.7 Å². The highest BCUT2D eigenvalue weighted by Gasteiger charge is 2.24. The smallest absolute Gasteiger partial charge is 0.304 e. The molecule has 0 aliphatic heterocycles.